The zero-order valence-electron chi connectivity index (χ0n) is 7.29. The maximum atomic E-state index is 5.50. The van der Waals surface area contributed by atoms with Gasteiger partial charge in [-0.3, -0.25) is 0 Å². The van der Waals surface area contributed by atoms with Gasteiger partial charge in [-0.2, -0.15) is 0 Å². The van der Waals surface area contributed by atoms with E-state index in [9.17, 15) is 0 Å². The van der Waals surface area contributed by atoms with Crippen molar-refractivity contribution in [2.24, 2.45) is 5.73 Å². The second-order valence-electron chi connectivity index (χ2n) is 2.80. The van der Waals surface area contributed by atoms with E-state index in [1.807, 2.05) is 6.08 Å². The van der Waals surface area contributed by atoms with E-state index in [0.717, 1.165) is 12.8 Å². The lowest BCUT2D eigenvalue weighted by atomic mass is 10.0. The van der Waals surface area contributed by atoms with Gasteiger partial charge in [-0.15, -0.1) is 6.58 Å². The van der Waals surface area contributed by atoms with Crippen molar-refractivity contribution in [1.29, 1.82) is 0 Å². The lowest BCUT2D eigenvalue weighted by Gasteiger charge is -2.04. The van der Waals surface area contributed by atoms with Gasteiger partial charge in [0.2, 0.25) is 0 Å². The van der Waals surface area contributed by atoms with Crippen LogP contribution in [0.5, 0.6) is 0 Å². The molecule has 0 saturated heterocycles. The van der Waals surface area contributed by atoms with Gasteiger partial charge in [0, 0.05) is 0 Å². The average molecular weight is 161 g/mol. The molecule has 1 nitrogen and oxygen atoms in total. The summed E-state index contributed by atoms with van der Waals surface area (Å²) in [6.45, 7) is 4.44. The Bertz CT molecular complexity index is 253. The van der Waals surface area contributed by atoms with Crippen molar-refractivity contribution in [2.45, 2.75) is 12.8 Å². The summed E-state index contributed by atoms with van der Waals surface area (Å²) in [5.41, 5.74) is 8.19. The van der Waals surface area contributed by atoms with Crippen LogP contribution < -0.4 is 5.73 Å². The molecule has 1 heteroatoms. The van der Waals surface area contributed by atoms with Crippen LogP contribution in [-0.2, 0) is 12.8 Å². The summed E-state index contributed by atoms with van der Waals surface area (Å²) in [7, 11) is 0. The summed E-state index contributed by atoms with van der Waals surface area (Å²) in [5, 5.41) is 0. The molecule has 64 valence electrons. The highest BCUT2D eigenvalue weighted by molar-refractivity contribution is 5.28. The first-order valence-corrected chi connectivity index (χ1v) is 4.26. The molecule has 0 bridgehead atoms. The molecule has 12 heavy (non-hydrogen) atoms. The number of rotatable bonds is 4. The fourth-order valence-electron chi connectivity index (χ4n) is 1.31. The molecule has 0 atom stereocenters. The minimum Gasteiger partial charge on any atom is -0.330 e. The number of benzene rings is 1. The first-order chi connectivity index (χ1) is 5.88. The molecule has 0 saturated carbocycles. The van der Waals surface area contributed by atoms with Crippen molar-refractivity contribution < 1.29 is 0 Å². The van der Waals surface area contributed by atoms with Crippen LogP contribution in [0.4, 0.5) is 0 Å². The number of hydrogen-bond acceptors (Lipinski definition) is 1. The summed E-state index contributed by atoms with van der Waals surface area (Å²) in [5.74, 6) is 0. The highest BCUT2D eigenvalue weighted by Crippen LogP contribution is 2.09. The largest absolute Gasteiger partial charge is 0.330 e. The summed E-state index contributed by atoms with van der Waals surface area (Å²) in [6, 6.07) is 8.37. The van der Waals surface area contributed by atoms with Crippen molar-refractivity contribution in [3.05, 3.63) is 48.0 Å². The molecule has 0 radical (unpaired) electrons. The molecule has 1 aromatic rings. The van der Waals surface area contributed by atoms with Gasteiger partial charge in [0.05, 0.1) is 0 Å². The zero-order chi connectivity index (χ0) is 8.81. The molecule has 2 N–H and O–H groups in total. The van der Waals surface area contributed by atoms with Crippen molar-refractivity contribution in [1.82, 2.24) is 0 Å². The minimum absolute atomic E-state index is 0.716. The Hall–Kier alpha value is -1.08. The van der Waals surface area contributed by atoms with Crippen LogP contribution in [0, 0.1) is 0 Å². The van der Waals surface area contributed by atoms with Crippen LogP contribution in [0.15, 0.2) is 36.9 Å². The van der Waals surface area contributed by atoms with Crippen LogP contribution in [-0.4, -0.2) is 6.54 Å². The third-order valence-electron chi connectivity index (χ3n) is 1.90. The molecule has 0 unspecified atom stereocenters. The number of allylic oxidation sites excluding steroid dienone is 1. The van der Waals surface area contributed by atoms with Gasteiger partial charge in [0.15, 0.2) is 0 Å². The van der Waals surface area contributed by atoms with E-state index in [0.29, 0.717) is 6.54 Å². The highest BCUT2D eigenvalue weighted by Gasteiger charge is 1.97. The van der Waals surface area contributed by atoms with E-state index in [-0.39, 0.29) is 0 Å². The molecule has 0 fully saturated rings. The third kappa shape index (κ3) is 2.21. The van der Waals surface area contributed by atoms with Crippen molar-refractivity contribution in [3.8, 4) is 0 Å². The zero-order valence-corrected chi connectivity index (χ0v) is 7.29. The van der Waals surface area contributed by atoms with E-state index >= 15 is 0 Å². The van der Waals surface area contributed by atoms with Crippen LogP contribution in [0.3, 0.4) is 0 Å². The summed E-state index contributed by atoms with van der Waals surface area (Å²) < 4.78 is 0. The van der Waals surface area contributed by atoms with E-state index in [1.165, 1.54) is 11.1 Å². The summed E-state index contributed by atoms with van der Waals surface area (Å²) in [4.78, 5) is 0. The molecule has 1 aromatic carbocycles. The fourth-order valence-corrected chi connectivity index (χ4v) is 1.31. The van der Waals surface area contributed by atoms with E-state index < -0.39 is 0 Å². The summed E-state index contributed by atoms with van der Waals surface area (Å²) in [6.07, 6.45) is 3.83. The Morgan fingerprint density at radius 2 is 1.92 bits per heavy atom. The van der Waals surface area contributed by atoms with Crippen LogP contribution in [0.25, 0.3) is 0 Å². The van der Waals surface area contributed by atoms with Crippen LogP contribution in [0.2, 0.25) is 0 Å². The lowest BCUT2D eigenvalue weighted by Crippen LogP contribution is -2.04. The lowest BCUT2D eigenvalue weighted by molar-refractivity contribution is 0.950. The Morgan fingerprint density at radius 3 is 2.50 bits per heavy atom. The molecular weight excluding hydrogens is 146 g/mol. The predicted molar refractivity (Wildman–Crippen MR) is 53.1 cm³/mol. The van der Waals surface area contributed by atoms with Gasteiger partial charge in [0.25, 0.3) is 0 Å². The molecule has 1 rings (SSSR count). The molecule has 0 aromatic heterocycles. The third-order valence-corrected chi connectivity index (χ3v) is 1.90. The fraction of sp³-hybridized carbons (Fsp3) is 0.273. The minimum atomic E-state index is 0.716. The summed E-state index contributed by atoms with van der Waals surface area (Å²) >= 11 is 0. The quantitative estimate of drug-likeness (QED) is 0.671. The maximum absolute atomic E-state index is 5.50. The normalized spacial score (nSPS) is 9.75. The Balaban J connectivity index is 2.83. The van der Waals surface area contributed by atoms with Gasteiger partial charge < -0.3 is 5.73 Å². The molecule has 0 heterocycles. The van der Waals surface area contributed by atoms with Crippen molar-refractivity contribution in [2.75, 3.05) is 6.54 Å². The molecule has 0 aliphatic heterocycles. The molecule has 0 amide bonds. The highest BCUT2D eigenvalue weighted by atomic mass is 14.5. The molecule has 0 aliphatic rings. The maximum Gasteiger partial charge on any atom is -0.00366 e. The SMILES string of the molecule is C=CCc1ccccc1CCN. The number of hydrogen-bond donors (Lipinski definition) is 1. The van der Waals surface area contributed by atoms with Gasteiger partial charge >= 0.3 is 0 Å². The van der Waals surface area contributed by atoms with E-state index in [4.69, 9.17) is 5.73 Å². The Kier molecular flexibility index (Phi) is 3.55. The smallest absolute Gasteiger partial charge is 0.00366 e. The second kappa shape index (κ2) is 4.73. The molecular formula is C11H15N. The Labute approximate surface area is 73.9 Å². The van der Waals surface area contributed by atoms with E-state index in [2.05, 4.69) is 30.8 Å². The van der Waals surface area contributed by atoms with Gasteiger partial charge in [-0.05, 0) is 30.5 Å². The monoisotopic (exact) mass is 161 g/mol. The van der Waals surface area contributed by atoms with Crippen LogP contribution in [0.1, 0.15) is 11.1 Å². The van der Waals surface area contributed by atoms with Crippen molar-refractivity contribution >= 4 is 0 Å². The van der Waals surface area contributed by atoms with Gasteiger partial charge in [0.1, 0.15) is 0 Å². The Morgan fingerprint density at radius 1 is 1.25 bits per heavy atom. The van der Waals surface area contributed by atoms with Gasteiger partial charge in [-0.1, -0.05) is 30.3 Å². The van der Waals surface area contributed by atoms with E-state index in [1.54, 1.807) is 0 Å². The molecule has 0 aliphatic carbocycles. The number of nitrogens with two attached hydrogens (primary N) is 1. The molecule has 0 spiro atoms. The van der Waals surface area contributed by atoms with Crippen molar-refractivity contribution in [3.63, 3.8) is 0 Å². The standard InChI is InChI=1S/C11H15N/c1-2-5-10-6-3-4-7-11(10)8-9-12/h2-4,6-7H,1,5,8-9,12H2. The van der Waals surface area contributed by atoms with Crippen LogP contribution >= 0.6 is 0 Å². The predicted octanol–water partition coefficient (Wildman–Crippen LogP) is 1.92. The average Bonchev–Trinajstić information content (AvgIpc) is 2.09. The first-order valence-electron chi connectivity index (χ1n) is 4.26. The first kappa shape index (κ1) is 9.01. The topological polar surface area (TPSA) is 26.0 Å². The second-order valence-corrected chi connectivity index (χ2v) is 2.80. The van der Waals surface area contributed by atoms with Gasteiger partial charge in [-0.25, -0.2) is 0 Å².